The minimum atomic E-state index is 0.197. The molecule has 3 nitrogen and oxygen atoms in total. The van der Waals surface area contributed by atoms with Crippen molar-refractivity contribution in [3.05, 3.63) is 0 Å². The molecule has 2 saturated heterocycles. The van der Waals surface area contributed by atoms with Crippen molar-refractivity contribution >= 4 is 5.91 Å². The van der Waals surface area contributed by atoms with E-state index in [9.17, 15) is 4.79 Å². The predicted molar refractivity (Wildman–Crippen MR) is 74.4 cm³/mol. The van der Waals surface area contributed by atoms with Gasteiger partial charge in [0.15, 0.2) is 0 Å². The number of amides is 1. The summed E-state index contributed by atoms with van der Waals surface area (Å²) in [5.41, 5.74) is 0.410. The van der Waals surface area contributed by atoms with Crippen molar-refractivity contribution in [1.29, 1.82) is 0 Å². The van der Waals surface area contributed by atoms with Gasteiger partial charge in [0.2, 0.25) is 5.91 Å². The maximum absolute atomic E-state index is 12.2. The largest absolute Gasteiger partial charge is 0.342 e. The zero-order chi connectivity index (χ0) is 13.3. The van der Waals surface area contributed by atoms with Crippen LogP contribution in [0.1, 0.15) is 47.0 Å². The molecule has 2 unspecified atom stereocenters. The van der Waals surface area contributed by atoms with Crippen LogP contribution < -0.4 is 0 Å². The van der Waals surface area contributed by atoms with Crippen molar-refractivity contribution in [2.75, 3.05) is 26.2 Å². The van der Waals surface area contributed by atoms with E-state index in [4.69, 9.17) is 0 Å². The predicted octanol–water partition coefficient (Wildman–Crippen LogP) is 2.37. The van der Waals surface area contributed by atoms with Crippen LogP contribution in [0.4, 0.5) is 0 Å². The summed E-state index contributed by atoms with van der Waals surface area (Å²) in [5.74, 6) is 0.570. The van der Waals surface area contributed by atoms with Gasteiger partial charge in [-0.2, -0.15) is 0 Å². The lowest BCUT2D eigenvalue weighted by Gasteiger charge is -2.27. The summed E-state index contributed by atoms with van der Waals surface area (Å²) in [5, 5.41) is 0. The Morgan fingerprint density at radius 3 is 2.39 bits per heavy atom. The number of carbonyl (C=O) groups is 1. The van der Waals surface area contributed by atoms with Crippen molar-refractivity contribution in [3.8, 4) is 0 Å². The third-order valence-electron chi connectivity index (χ3n) is 4.98. The Morgan fingerprint density at radius 2 is 1.83 bits per heavy atom. The Hall–Kier alpha value is -0.570. The minimum Gasteiger partial charge on any atom is -0.342 e. The molecule has 2 aliphatic heterocycles. The SMILES string of the molecule is CCC(C)C(=O)N1CCC2(CCN(C(C)C)C2)C1. The normalized spacial score (nSPS) is 30.6. The van der Waals surface area contributed by atoms with Crippen LogP contribution in [0.5, 0.6) is 0 Å². The molecule has 104 valence electrons. The topological polar surface area (TPSA) is 23.6 Å². The number of hydrogen-bond donors (Lipinski definition) is 0. The second-order valence-electron chi connectivity index (χ2n) is 6.63. The molecule has 2 fully saturated rings. The minimum absolute atomic E-state index is 0.197. The molecule has 2 aliphatic rings. The first-order valence-corrected chi connectivity index (χ1v) is 7.50. The first-order valence-electron chi connectivity index (χ1n) is 7.50. The average molecular weight is 252 g/mol. The molecule has 0 aromatic heterocycles. The van der Waals surface area contributed by atoms with Crippen LogP contribution in [-0.4, -0.2) is 47.9 Å². The van der Waals surface area contributed by atoms with Crippen LogP contribution in [0, 0.1) is 11.3 Å². The molecule has 1 spiro atoms. The Bertz CT molecular complexity index is 316. The highest BCUT2D eigenvalue weighted by Gasteiger charge is 2.45. The maximum Gasteiger partial charge on any atom is 0.225 e. The van der Waals surface area contributed by atoms with Gasteiger partial charge in [-0.25, -0.2) is 0 Å². The molecule has 0 aromatic carbocycles. The smallest absolute Gasteiger partial charge is 0.225 e. The molecule has 2 atom stereocenters. The fraction of sp³-hybridized carbons (Fsp3) is 0.933. The molecule has 3 heteroatoms. The molecule has 0 aliphatic carbocycles. The van der Waals surface area contributed by atoms with Crippen molar-refractivity contribution < 1.29 is 4.79 Å². The highest BCUT2D eigenvalue weighted by atomic mass is 16.2. The van der Waals surface area contributed by atoms with Crippen LogP contribution in [-0.2, 0) is 4.79 Å². The fourth-order valence-electron chi connectivity index (χ4n) is 3.35. The zero-order valence-electron chi connectivity index (χ0n) is 12.4. The van der Waals surface area contributed by atoms with Crippen molar-refractivity contribution in [2.45, 2.75) is 53.0 Å². The molecule has 18 heavy (non-hydrogen) atoms. The summed E-state index contributed by atoms with van der Waals surface area (Å²) >= 11 is 0. The van der Waals surface area contributed by atoms with E-state index >= 15 is 0 Å². The van der Waals surface area contributed by atoms with E-state index in [0.29, 0.717) is 17.4 Å². The lowest BCUT2D eigenvalue weighted by atomic mass is 9.86. The van der Waals surface area contributed by atoms with Gasteiger partial charge < -0.3 is 9.80 Å². The third-order valence-corrected chi connectivity index (χ3v) is 4.98. The molecule has 0 saturated carbocycles. The number of hydrogen-bond acceptors (Lipinski definition) is 2. The van der Waals surface area contributed by atoms with Crippen LogP contribution in [0.2, 0.25) is 0 Å². The van der Waals surface area contributed by atoms with Gasteiger partial charge in [-0.1, -0.05) is 13.8 Å². The zero-order valence-corrected chi connectivity index (χ0v) is 12.4. The lowest BCUT2D eigenvalue weighted by Crippen LogP contribution is -2.37. The highest BCUT2D eigenvalue weighted by Crippen LogP contribution is 2.40. The Kier molecular flexibility index (Phi) is 4.00. The van der Waals surface area contributed by atoms with Gasteiger partial charge in [-0.15, -0.1) is 0 Å². The summed E-state index contributed by atoms with van der Waals surface area (Å²) in [6, 6.07) is 0.642. The van der Waals surface area contributed by atoms with Crippen molar-refractivity contribution in [1.82, 2.24) is 9.80 Å². The third kappa shape index (κ3) is 2.56. The molecule has 0 radical (unpaired) electrons. The van der Waals surface area contributed by atoms with E-state index in [1.807, 2.05) is 0 Å². The number of carbonyl (C=O) groups excluding carboxylic acids is 1. The second kappa shape index (κ2) is 5.20. The standard InChI is InChI=1S/C15H28N2O/c1-5-13(4)14(18)17-9-7-15(11-17)6-8-16(10-15)12(2)3/h12-13H,5-11H2,1-4H3. The van der Waals surface area contributed by atoms with Crippen LogP contribution in [0.3, 0.4) is 0 Å². The van der Waals surface area contributed by atoms with Crippen molar-refractivity contribution in [2.24, 2.45) is 11.3 Å². The Balaban J connectivity index is 1.94. The molecule has 2 heterocycles. The molecule has 0 N–H and O–H groups in total. The molecule has 0 aromatic rings. The first kappa shape index (κ1) is 13.9. The quantitative estimate of drug-likeness (QED) is 0.770. The lowest BCUT2D eigenvalue weighted by molar-refractivity contribution is -0.134. The molecule has 2 rings (SSSR count). The molecule has 0 bridgehead atoms. The highest BCUT2D eigenvalue weighted by molar-refractivity contribution is 5.78. The van der Waals surface area contributed by atoms with Crippen LogP contribution in [0.15, 0.2) is 0 Å². The number of nitrogens with zero attached hydrogens (tertiary/aromatic N) is 2. The molecular formula is C15H28N2O. The van der Waals surface area contributed by atoms with Gasteiger partial charge in [0.1, 0.15) is 0 Å². The summed E-state index contributed by atoms with van der Waals surface area (Å²) in [6.45, 7) is 13.1. The van der Waals surface area contributed by atoms with Crippen LogP contribution in [0.25, 0.3) is 0 Å². The first-order chi connectivity index (χ1) is 8.47. The van der Waals surface area contributed by atoms with E-state index in [-0.39, 0.29) is 5.92 Å². The van der Waals surface area contributed by atoms with Gasteiger partial charge >= 0.3 is 0 Å². The number of likely N-dealkylation sites (tertiary alicyclic amines) is 2. The second-order valence-corrected chi connectivity index (χ2v) is 6.63. The van der Waals surface area contributed by atoms with Gasteiger partial charge in [-0.05, 0) is 39.7 Å². The van der Waals surface area contributed by atoms with Crippen LogP contribution >= 0.6 is 0 Å². The Labute approximate surface area is 112 Å². The van der Waals surface area contributed by atoms with Gasteiger partial charge in [-0.3, -0.25) is 4.79 Å². The average Bonchev–Trinajstić information content (AvgIpc) is 2.96. The summed E-state index contributed by atoms with van der Waals surface area (Å²) in [7, 11) is 0. The van der Waals surface area contributed by atoms with E-state index in [0.717, 1.165) is 19.5 Å². The molecule has 1 amide bonds. The van der Waals surface area contributed by atoms with E-state index in [1.165, 1.54) is 25.9 Å². The van der Waals surface area contributed by atoms with E-state index in [2.05, 4.69) is 37.5 Å². The summed E-state index contributed by atoms with van der Waals surface area (Å²) in [6.07, 6.45) is 3.44. The van der Waals surface area contributed by atoms with Gasteiger partial charge in [0.25, 0.3) is 0 Å². The summed E-state index contributed by atoms with van der Waals surface area (Å²) < 4.78 is 0. The maximum atomic E-state index is 12.2. The van der Waals surface area contributed by atoms with E-state index in [1.54, 1.807) is 0 Å². The van der Waals surface area contributed by atoms with Gasteiger partial charge in [0.05, 0.1) is 0 Å². The summed E-state index contributed by atoms with van der Waals surface area (Å²) in [4.78, 5) is 16.9. The Morgan fingerprint density at radius 1 is 1.17 bits per heavy atom. The molecular weight excluding hydrogens is 224 g/mol. The van der Waals surface area contributed by atoms with E-state index < -0.39 is 0 Å². The monoisotopic (exact) mass is 252 g/mol. The van der Waals surface area contributed by atoms with Gasteiger partial charge in [0, 0.05) is 37.0 Å². The fourth-order valence-corrected chi connectivity index (χ4v) is 3.35. The number of rotatable bonds is 3. The van der Waals surface area contributed by atoms with Crippen molar-refractivity contribution in [3.63, 3.8) is 0 Å².